The minimum absolute atomic E-state index is 0.00643. The maximum absolute atomic E-state index is 12.4. The van der Waals surface area contributed by atoms with E-state index in [-0.39, 0.29) is 30.0 Å². The smallest absolute Gasteiger partial charge is 0.252 e. The first-order valence-corrected chi connectivity index (χ1v) is 6.65. The molecule has 0 spiro atoms. The van der Waals surface area contributed by atoms with Gasteiger partial charge in [0.15, 0.2) is 0 Å². The maximum atomic E-state index is 12.4. The third-order valence-corrected chi connectivity index (χ3v) is 4.33. The molecule has 5 heteroatoms. The van der Waals surface area contributed by atoms with Gasteiger partial charge in [-0.1, -0.05) is 0 Å². The summed E-state index contributed by atoms with van der Waals surface area (Å²) in [5.74, 6) is -0.0206. The molecule has 3 unspecified atom stereocenters. The summed E-state index contributed by atoms with van der Waals surface area (Å²) in [5, 5.41) is 0. The van der Waals surface area contributed by atoms with E-state index in [1.807, 2.05) is 13.8 Å². The van der Waals surface area contributed by atoms with Crippen molar-refractivity contribution in [1.82, 2.24) is 9.80 Å². The Balaban J connectivity index is 2.19. The Bertz CT molecular complexity index is 352. The van der Waals surface area contributed by atoms with Crippen LogP contribution < -0.4 is 0 Å². The second-order valence-corrected chi connectivity index (χ2v) is 5.35. The Hall–Kier alpha value is -1.10. The highest BCUT2D eigenvalue weighted by Crippen LogP contribution is 2.25. The van der Waals surface area contributed by atoms with Gasteiger partial charge < -0.3 is 14.5 Å². The van der Waals surface area contributed by atoms with Crippen molar-refractivity contribution in [2.75, 3.05) is 13.7 Å². The summed E-state index contributed by atoms with van der Waals surface area (Å²) in [6.07, 6.45) is 1.35. The summed E-state index contributed by atoms with van der Waals surface area (Å²) in [4.78, 5) is 28.0. The zero-order chi connectivity index (χ0) is 13.4. The molecule has 2 rings (SSSR count). The van der Waals surface area contributed by atoms with Gasteiger partial charge in [0.05, 0.1) is 0 Å². The van der Waals surface area contributed by atoms with Gasteiger partial charge in [0.1, 0.15) is 12.1 Å². The molecule has 2 amide bonds. The normalized spacial score (nSPS) is 37.2. The van der Waals surface area contributed by atoms with E-state index >= 15 is 0 Å². The molecule has 2 heterocycles. The zero-order valence-electron chi connectivity index (χ0n) is 11.5. The van der Waals surface area contributed by atoms with Crippen LogP contribution in [0.1, 0.15) is 33.6 Å². The number of piperazine rings is 1. The van der Waals surface area contributed by atoms with Crippen LogP contribution in [0.15, 0.2) is 0 Å². The Kier molecular flexibility index (Phi) is 3.61. The minimum atomic E-state index is -0.391. The molecular formula is C13H22N2O3. The molecule has 0 aromatic heterocycles. The van der Waals surface area contributed by atoms with Crippen LogP contribution in [-0.4, -0.2) is 59.5 Å². The number of likely N-dealkylation sites (N-methyl/N-ethyl adjacent to an activating group) is 1. The molecule has 0 aromatic carbocycles. The van der Waals surface area contributed by atoms with Crippen molar-refractivity contribution in [3.63, 3.8) is 0 Å². The largest absolute Gasteiger partial charge is 0.368 e. The fourth-order valence-corrected chi connectivity index (χ4v) is 2.85. The number of nitrogens with zero attached hydrogens (tertiary/aromatic N) is 2. The Morgan fingerprint density at radius 2 is 1.94 bits per heavy atom. The highest BCUT2D eigenvalue weighted by molar-refractivity contribution is 5.90. The monoisotopic (exact) mass is 254 g/mol. The maximum Gasteiger partial charge on any atom is 0.252 e. The van der Waals surface area contributed by atoms with Crippen molar-refractivity contribution < 1.29 is 14.3 Å². The fourth-order valence-electron chi connectivity index (χ4n) is 2.85. The molecule has 5 nitrogen and oxygen atoms in total. The third kappa shape index (κ3) is 2.00. The molecule has 2 aliphatic rings. The van der Waals surface area contributed by atoms with E-state index in [0.29, 0.717) is 6.61 Å². The van der Waals surface area contributed by atoms with Crippen molar-refractivity contribution in [3.05, 3.63) is 0 Å². The van der Waals surface area contributed by atoms with Crippen molar-refractivity contribution in [2.24, 2.45) is 0 Å². The first-order valence-electron chi connectivity index (χ1n) is 6.65. The van der Waals surface area contributed by atoms with Crippen LogP contribution in [0.4, 0.5) is 0 Å². The molecule has 0 N–H and O–H groups in total. The molecule has 0 saturated carbocycles. The van der Waals surface area contributed by atoms with E-state index in [1.54, 1.807) is 23.8 Å². The average Bonchev–Trinajstić information content (AvgIpc) is 2.88. The van der Waals surface area contributed by atoms with Crippen LogP contribution in [0.2, 0.25) is 0 Å². The number of ether oxygens (including phenoxy) is 1. The molecular weight excluding hydrogens is 232 g/mol. The molecule has 0 bridgehead atoms. The Labute approximate surface area is 108 Å². The van der Waals surface area contributed by atoms with Gasteiger partial charge >= 0.3 is 0 Å². The standard InChI is InChI=1S/C13H22N2O3/c1-8-9(2)15(10(3)12(16)14(8)4)13(17)11-6-5-7-18-11/h8-11H,5-7H2,1-4H3/t8?,9?,10?,11-/m1/s1. The topological polar surface area (TPSA) is 49.9 Å². The average molecular weight is 254 g/mol. The SMILES string of the molecule is CC1C(C)N(C(=O)[C@H]2CCCO2)C(C)C(=O)N1C. The summed E-state index contributed by atoms with van der Waals surface area (Å²) in [7, 11) is 1.80. The highest BCUT2D eigenvalue weighted by atomic mass is 16.5. The number of carbonyl (C=O) groups is 2. The second kappa shape index (κ2) is 4.88. The lowest BCUT2D eigenvalue weighted by Crippen LogP contribution is -2.65. The lowest BCUT2D eigenvalue weighted by Gasteiger charge is -2.47. The summed E-state index contributed by atoms with van der Waals surface area (Å²) < 4.78 is 5.45. The van der Waals surface area contributed by atoms with Crippen LogP contribution in [-0.2, 0) is 14.3 Å². The van der Waals surface area contributed by atoms with Crippen molar-refractivity contribution in [1.29, 1.82) is 0 Å². The van der Waals surface area contributed by atoms with Gasteiger partial charge in [-0.15, -0.1) is 0 Å². The molecule has 2 fully saturated rings. The van der Waals surface area contributed by atoms with Gasteiger partial charge in [0, 0.05) is 25.7 Å². The molecule has 2 saturated heterocycles. The number of carbonyl (C=O) groups excluding carboxylic acids is 2. The van der Waals surface area contributed by atoms with Crippen LogP contribution in [0.3, 0.4) is 0 Å². The predicted octanol–water partition coefficient (Wildman–Crippen LogP) is 0.631. The van der Waals surface area contributed by atoms with Gasteiger partial charge in [-0.2, -0.15) is 0 Å². The van der Waals surface area contributed by atoms with E-state index in [0.717, 1.165) is 12.8 Å². The van der Waals surface area contributed by atoms with Crippen molar-refractivity contribution in [2.45, 2.75) is 57.8 Å². The molecule has 0 aliphatic carbocycles. The number of hydrogen-bond acceptors (Lipinski definition) is 3. The van der Waals surface area contributed by atoms with E-state index in [1.165, 1.54) is 0 Å². The predicted molar refractivity (Wildman–Crippen MR) is 67.0 cm³/mol. The van der Waals surface area contributed by atoms with Crippen LogP contribution in [0.25, 0.3) is 0 Å². The highest BCUT2D eigenvalue weighted by Gasteiger charge is 2.43. The van der Waals surface area contributed by atoms with E-state index in [2.05, 4.69) is 0 Å². The lowest BCUT2D eigenvalue weighted by atomic mass is 9.99. The third-order valence-electron chi connectivity index (χ3n) is 4.33. The number of hydrogen-bond donors (Lipinski definition) is 0. The number of rotatable bonds is 1. The first-order chi connectivity index (χ1) is 8.45. The van der Waals surface area contributed by atoms with Gasteiger partial charge in [-0.05, 0) is 33.6 Å². The van der Waals surface area contributed by atoms with E-state index in [9.17, 15) is 9.59 Å². The minimum Gasteiger partial charge on any atom is -0.368 e. The molecule has 0 aromatic rings. The first kappa shape index (κ1) is 13.3. The van der Waals surface area contributed by atoms with E-state index in [4.69, 9.17) is 4.74 Å². The molecule has 4 atom stereocenters. The van der Waals surface area contributed by atoms with Crippen LogP contribution >= 0.6 is 0 Å². The van der Waals surface area contributed by atoms with Crippen molar-refractivity contribution in [3.8, 4) is 0 Å². The van der Waals surface area contributed by atoms with Crippen molar-refractivity contribution >= 4 is 11.8 Å². The molecule has 2 aliphatic heterocycles. The lowest BCUT2D eigenvalue weighted by molar-refractivity contribution is -0.162. The van der Waals surface area contributed by atoms with Crippen LogP contribution in [0.5, 0.6) is 0 Å². The van der Waals surface area contributed by atoms with Gasteiger partial charge in [0.25, 0.3) is 5.91 Å². The fraction of sp³-hybridized carbons (Fsp3) is 0.846. The quantitative estimate of drug-likeness (QED) is 0.689. The zero-order valence-corrected chi connectivity index (χ0v) is 11.5. The Morgan fingerprint density at radius 1 is 1.28 bits per heavy atom. The molecule has 102 valence electrons. The summed E-state index contributed by atoms with van der Waals surface area (Å²) in [6, 6.07) is -0.323. The molecule has 18 heavy (non-hydrogen) atoms. The van der Waals surface area contributed by atoms with Crippen LogP contribution in [0, 0.1) is 0 Å². The summed E-state index contributed by atoms with van der Waals surface area (Å²) in [6.45, 7) is 6.42. The van der Waals surface area contributed by atoms with E-state index < -0.39 is 6.04 Å². The number of amides is 2. The summed E-state index contributed by atoms with van der Waals surface area (Å²) >= 11 is 0. The molecule has 0 radical (unpaired) electrons. The van der Waals surface area contributed by atoms with Gasteiger partial charge in [0.2, 0.25) is 5.91 Å². The summed E-state index contributed by atoms with van der Waals surface area (Å²) in [5.41, 5.74) is 0. The second-order valence-electron chi connectivity index (χ2n) is 5.35. The van der Waals surface area contributed by atoms with Gasteiger partial charge in [-0.3, -0.25) is 9.59 Å². The Morgan fingerprint density at radius 3 is 2.50 bits per heavy atom. The van der Waals surface area contributed by atoms with Gasteiger partial charge in [-0.25, -0.2) is 0 Å².